The lowest BCUT2D eigenvalue weighted by atomic mass is 10.2. The van der Waals surface area contributed by atoms with Crippen molar-refractivity contribution < 1.29 is 5.11 Å². The highest BCUT2D eigenvalue weighted by atomic mass is 16.3. The highest BCUT2D eigenvalue weighted by Gasteiger charge is 2.15. The third-order valence-electron chi connectivity index (χ3n) is 3.85. The van der Waals surface area contributed by atoms with Gasteiger partial charge in [0.1, 0.15) is 0 Å². The van der Waals surface area contributed by atoms with E-state index >= 15 is 0 Å². The van der Waals surface area contributed by atoms with Gasteiger partial charge < -0.3 is 9.67 Å². The summed E-state index contributed by atoms with van der Waals surface area (Å²) in [7, 11) is 1.88. The van der Waals surface area contributed by atoms with E-state index in [9.17, 15) is 5.11 Å². The fourth-order valence-corrected chi connectivity index (χ4v) is 2.77. The van der Waals surface area contributed by atoms with E-state index in [1.807, 2.05) is 42.1 Å². The van der Waals surface area contributed by atoms with Crippen molar-refractivity contribution in [1.29, 1.82) is 0 Å². The Morgan fingerprint density at radius 2 is 2.00 bits per heavy atom. The number of aromatic hydroxyl groups is 1. The maximum absolute atomic E-state index is 10.2. The van der Waals surface area contributed by atoms with E-state index in [1.54, 1.807) is 0 Å². The van der Waals surface area contributed by atoms with Crippen LogP contribution >= 0.6 is 0 Å². The topological polar surface area (TPSA) is 37.5 Å². The monoisotopic (exact) mass is 242 g/mol. The molecular weight excluding hydrogens is 224 g/mol. The molecule has 3 nitrogen and oxygen atoms in total. The van der Waals surface area contributed by atoms with Crippen LogP contribution in [0.25, 0.3) is 10.9 Å². The molecule has 1 aromatic heterocycles. The minimum atomic E-state index is 0.304. The Bertz CT molecular complexity index is 592. The van der Waals surface area contributed by atoms with Crippen molar-refractivity contribution in [3.63, 3.8) is 0 Å². The van der Waals surface area contributed by atoms with E-state index in [0.717, 1.165) is 16.5 Å². The number of hydrogen-bond donors (Lipinski definition) is 1. The zero-order chi connectivity index (χ0) is 12.5. The third kappa shape index (κ3) is 1.80. The highest BCUT2D eigenvalue weighted by molar-refractivity contribution is 6.02. The number of fused-ring (bicyclic) bond motifs is 1. The predicted octanol–water partition coefficient (Wildman–Crippen LogP) is 3.25. The number of nitrogens with zero attached hydrogens (tertiary/aromatic N) is 2. The smallest absolute Gasteiger partial charge is 0.200 e. The Balaban J connectivity index is 2.02. The summed E-state index contributed by atoms with van der Waals surface area (Å²) in [6.45, 7) is 0. The van der Waals surface area contributed by atoms with Gasteiger partial charge in [-0.2, -0.15) is 0 Å². The second kappa shape index (κ2) is 4.48. The molecule has 1 heterocycles. The molecule has 94 valence electrons. The molecule has 0 amide bonds. The normalized spacial score (nSPS) is 17.2. The van der Waals surface area contributed by atoms with Crippen LogP contribution in [0.15, 0.2) is 29.3 Å². The van der Waals surface area contributed by atoms with E-state index in [0.29, 0.717) is 11.9 Å². The van der Waals surface area contributed by atoms with Gasteiger partial charge in [0.15, 0.2) is 0 Å². The molecule has 0 radical (unpaired) electrons. The summed E-state index contributed by atoms with van der Waals surface area (Å²) in [6, 6.07) is 8.48. The lowest BCUT2D eigenvalue weighted by molar-refractivity contribution is 0.434. The molecule has 1 fully saturated rings. The summed E-state index contributed by atoms with van der Waals surface area (Å²) in [6.07, 6.45) is 6.78. The first kappa shape index (κ1) is 11.3. The van der Waals surface area contributed by atoms with Crippen molar-refractivity contribution >= 4 is 17.1 Å². The van der Waals surface area contributed by atoms with Crippen molar-refractivity contribution in [3.05, 3.63) is 29.8 Å². The molecule has 18 heavy (non-hydrogen) atoms. The minimum absolute atomic E-state index is 0.304. The Morgan fingerprint density at radius 3 is 2.78 bits per heavy atom. The number of rotatable bonds is 2. The number of aromatic nitrogens is 1. The quantitative estimate of drug-likeness (QED) is 0.806. The first-order valence-corrected chi connectivity index (χ1v) is 6.57. The van der Waals surface area contributed by atoms with Crippen LogP contribution in [0.5, 0.6) is 5.88 Å². The molecule has 0 atom stereocenters. The Morgan fingerprint density at radius 1 is 1.28 bits per heavy atom. The van der Waals surface area contributed by atoms with Crippen molar-refractivity contribution in [2.75, 3.05) is 0 Å². The average molecular weight is 242 g/mol. The minimum Gasteiger partial charge on any atom is -0.494 e. The number of aryl methyl sites for hydroxylation is 1. The van der Waals surface area contributed by atoms with Crippen LogP contribution in [0.2, 0.25) is 0 Å². The Hall–Kier alpha value is -1.77. The zero-order valence-electron chi connectivity index (χ0n) is 10.6. The molecule has 3 rings (SSSR count). The van der Waals surface area contributed by atoms with Crippen LogP contribution in [-0.4, -0.2) is 21.9 Å². The lowest BCUT2D eigenvalue weighted by Crippen LogP contribution is -1.96. The zero-order valence-corrected chi connectivity index (χ0v) is 10.6. The third-order valence-corrected chi connectivity index (χ3v) is 3.85. The number of hydrogen-bond acceptors (Lipinski definition) is 2. The molecule has 0 unspecified atom stereocenters. The van der Waals surface area contributed by atoms with Crippen molar-refractivity contribution in [3.8, 4) is 5.88 Å². The molecule has 0 spiro atoms. The van der Waals surface area contributed by atoms with Gasteiger partial charge in [0.05, 0.1) is 11.1 Å². The van der Waals surface area contributed by atoms with Gasteiger partial charge in [-0.25, -0.2) is 0 Å². The van der Waals surface area contributed by atoms with E-state index in [2.05, 4.69) is 4.99 Å². The number of para-hydroxylation sites is 1. The second-order valence-electron chi connectivity index (χ2n) is 5.03. The van der Waals surface area contributed by atoms with Crippen molar-refractivity contribution in [2.45, 2.75) is 31.7 Å². The first-order chi connectivity index (χ1) is 8.77. The second-order valence-corrected chi connectivity index (χ2v) is 5.03. The molecule has 1 saturated carbocycles. The Labute approximate surface area is 107 Å². The van der Waals surface area contributed by atoms with Crippen LogP contribution < -0.4 is 0 Å². The van der Waals surface area contributed by atoms with Gasteiger partial charge in [-0.1, -0.05) is 31.0 Å². The average Bonchev–Trinajstić information content (AvgIpc) is 2.98. The summed E-state index contributed by atoms with van der Waals surface area (Å²) in [5, 5.41) is 11.2. The summed E-state index contributed by atoms with van der Waals surface area (Å²) in [5.41, 5.74) is 1.89. The van der Waals surface area contributed by atoms with Gasteiger partial charge in [0.2, 0.25) is 5.88 Å². The first-order valence-electron chi connectivity index (χ1n) is 6.57. The van der Waals surface area contributed by atoms with Crippen molar-refractivity contribution in [1.82, 2.24) is 4.57 Å². The maximum atomic E-state index is 10.2. The largest absolute Gasteiger partial charge is 0.494 e. The molecular formula is C15H18N2O. The predicted molar refractivity (Wildman–Crippen MR) is 74.4 cm³/mol. The van der Waals surface area contributed by atoms with Gasteiger partial charge >= 0.3 is 0 Å². The molecule has 0 saturated heterocycles. The van der Waals surface area contributed by atoms with E-state index < -0.39 is 0 Å². The van der Waals surface area contributed by atoms with Crippen LogP contribution in [0.3, 0.4) is 0 Å². The number of aliphatic imine (C=N–C) groups is 1. The standard InChI is InChI=1S/C15H18N2O/c1-17-14-9-5-4-8-12(14)13(15(17)18)10-16-11-6-2-3-7-11/h4-5,8-11,18H,2-3,6-7H2,1H3. The van der Waals surface area contributed by atoms with Crippen LogP contribution in [0.1, 0.15) is 31.2 Å². The molecule has 0 bridgehead atoms. The maximum Gasteiger partial charge on any atom is 0.200 e. The summed E-state index contributed by atoms with van der Waals surface area (Å²) >= 11 is 0. The van der Waals surface area contributed by atoms with Gasteiger partial charge in [-0.3, -0.25) is 4.99 Å². The van der Waals surface area contributed by atoms with Gasteiger partial charge in [-0.05, 0) is 18.9 Å². The van der Waals surface area contributed by atoms with E-state index in [4.69, 9.17) is 0 Å². The van der Waals surface area contributed by atoms with Gasteiger partial charge in [0.25, 0.3) is 0 Å². The molecule has 2 aromatic rings. The van der Waals surface area contributed by atoms with Crippen LogP contribution in [0, 0.1) is 0 Å². The number of benzene rings is 1. The highest BCUT2D eigenvalue weighted by Crippen LogP contribution is 2.29. The molecule has 1 aliphatic carbocycles. The van der Waals surface area contributed by atoms with Crippen LogP contribution in [-0.2, 0) is 7.05 Å². The SMILES string of the molecule is Cn1c(O)c(C=NC2CCCC2)c2ccccc21. The summed E-state index contributed by atoms with van der Waals surface area (Å²) in [5.74, 6) is 0.304. The van der Waals surface area contributed by atoms with E-state index in [1.165, 1.54) is 25.7 Å². The lowest BCUT2D eigenvalue weighted by Gasteiger charge is -2.00. The fraction of sp³-hybridized carbons (Fsp3) is 0.400. The van der Waals surface area contributed by atoms with Gasteiger partial charge in [-0.15, -0.1) is 0 Å². The van der Waals surface area contributed by atoms with E-state index in [-0.39, 0.29) is 0 Å². The van der Waals surface area contributed by atoms with Crippen molar-refractivity contribution in [2.24, 2.45) is 12.0 Å². The fourth-order valence-electron chi connectivity index (χ4n) is 2.77. The Kier molecular flexibility index (Phi) is 2.82. The molecule has 0 aliphatic heterocycles. The molecule has 1 aliphatic rings. The molecule has 1 aromatic carbocycles. The summed E-state index contributed by atoms with van der Waals surface area (Å²) in [4.78, 5) is 4.62. The molecule has 3 heteroatoms. The molecule has 1 N–H and O–H groups in total. The van der Waals surface area contributed by atoms with Gasteiger partial charge in [0, 0.05) is 24.7 Å². The van der Waals surface area contributed by atoms with Crippen LogP contribution in [0.4, 0.5) is 0 Å². The summed E-state index contributed by atoms with van der Waals surface area (Å²) < 4.78 is 1.81.